The van der Waals surface area contributed by atoms with Crippen LogP contribution in [0.25, 0.3) is 0 Å². The van der Waals surface area contributed by atoms with Crippen molar-refractivity contribution in [3.05, 3.63) is 23.9 Å². The van der Waals surface area contributed by atoms with Crippen molar-refractivity contribution < 1.29 is 0 Å². The van der Waals surface area contributed by atoms with Crippen molar-refractivity contribution in [3.8, 4) is 0 Å². The van der Waals surface area contributed by atoms with E-state index < -0.39 is 0 Å². The van der Waals surface area contributed by atoms with Crippen LogP contribution in [0.1, 0.15) is 6.92 Å². The topological polar surface area (TPSA) is 12.0 Å². The van der Waals surface area contributed by atoms with Crippen LogP contribution in [0.4, 0.5) is 0 Å². The first-order chi connectivity index (χ1) is 3.39. The predicted molar refractivity (Wildman–Crippen MR) is 30.9 cm³/mol. The van der Waals surface area contributed by atoms with E-state index in [1.54, 1.807) is 0 Å². The Hall–Kier alpha value is -0.720. The van der Waals surface area contributed by atoms with Gasteiger partial charge in [-0.25, -0.2) is 0 Å². The lowest BCUT2D eigenvalue weighted by Crippen LogP contribution is -2.12. The first-order valence-electron chi connectivity index (χ1n) is 2.47. The summed E-state index contributed by atoms with van der Waals surface area (Å²) >= 11 is 0. The average molecular weight is 95.1 g/mol. The molecule has 0 aromatic carbocycles. The summed E-state index contributed by atoms with van der Waals surface area (Å²) in [5.74, 6) is 0. The standard InChI is InChI=1S/C6H9N/c1-6-4-2-3-5-7-6/h2-4,7H,5H2,1H3. The van der Waals surface area contributed by atoms with Crippen molar-refractivity contribution in [2.75, 3.05) is 6.54 Å². The Balaban J connectivity index is 2.57. The van der Waals surface area contributed by atoms with Gasteiger partial charge < -0.3 is 5.32 Å². The van der Waals surface area contributed by atoms with Crippen LogP contribution in [-0.4, -0.2) is 6.54 Å². The summed E-state index contributed by atoms with van der Waals surface area (Å²) in [4.78, 5) is 0. The molecule has 0 atom stereocenters. The number of rotatable bonds is 0. The lowest BCUT2D eigenvalue weighted by Gasteiger charge is -2.04. The van der Waals surface area contributed by atoms with Crippen LogP contribution in [-0.2, 0) is 0 Å². The monoisotopic (exact) mass is 95.1 g/mol. The Morgan fingerprint density at radius 3 is 2.86 bits per heavy atom. The first kappa shape index (κ1) is 4.44. The molecule has 0 aromatic heterocycles. The van der Waals surface area contributed by atoms with Crippen LogP contribution in [0, 0.1) is 0 Å². The number of dihydropyridines is 1. The molecule has 1 aliphatic rings. The Morgan fingerprint density at radius 1 is 1.71 bits per heavy atom. The van der Waals surface area contributed by atoms with Crippen LogP contribution in [0.5, 0.6) is 0 Å². The van der Waals surface area contributed by atoms with Crippen LogP contribution in [0.2, 0.25) is 0 Å². The van der Waals surface area contributed by atoms with E-state index in [1.807, 2.05) is 0 Å². The number of hydrogen-bond donors (Lipinski definition) is 1. The van der Waals surface area contributed by atoms with E-state index in [9.17, 15) is 0 Å². The first-order valence-corrected chi connectivity index (χ1v) is 2.47. The molecule has 1 aliphatic heterocycles. The summed E-state index contributed by atoms with van der Waals surface area (Å²) in [5.41, 5.74) is 1.25. The molecule has 1 N–H and O–H groups in total. The Morgan fingerprint density at radius 2 is 2.57 bits per heavy atom. The van der Waals surface area contributed by atoms with Crippen molar-refractivity contribution in [1.82, 2.24) is 5.32 Å². The maximum absolute atomic E-state index is 3.16. The summed E-state index contributed by atoms with van der Waals surface area (Å²) < 4.78 is 0. The second kappa shape index (κ2) is 1.82. The molecule has 0 saturated carbocycles. The fraction of sp³-hybridized carbons (Fsp3) is 0.333. The predicted octanol–water partition coefficient (Wildman–Crippen LogP) is 1.05. The lowest BCUT2D eigenvalue weighted by molar-refractivity contribution is 0.891. The van der Waals surface area contributed by atoms with Crippen molar-refractivity contribution in [3.63, 3.8) is 0 Å². The summed E-state index contributed by atoms with van der Waals surface area (Å²) in [6, 6.07) is 0. The fourth-order valence-electron chi connectivity index (χ4n) is 0.559. The molecule has 7 heavy (non-hydrogen) atoms. The zero-order chi connectivity index (χ0) is 5.11. The highest BCUT2D eigenvalue weighted by Gasteiger charge is 1.85. The van der Waals surface area contributed by atoms with Crippen LogP contribution < -0.4 is 5.32 Å². The zero-order valence-corrected chi connectivity index (χ0v) is 4.44. The summed E-state index contributed by atoms with van der Waals surface area (Å²) in [6.07, 6.45) is 6.21. The van der Waals surface area contributed by atoms with Crippen molar-refractivity contribution >= 4 is 0 Å². The van der Waals surface area contributed by atoms with Crippen LogP contribution >= 0.6 is 0 Å². The average Bonchev–Trinajstić information content (AvgIpc) is 1.69. The minimum Gasteiger partial charge on any atom is -0.385 e. The minimum atomic E-state index is 0.988. The van der Waals surface area contributed by atoms with E-state index >= 15 is 0 Å². The fourth-order valence-corrected chi connectivity index (χ4v) is 0.559. The summed E-state index contributed by atoms with van der Waals surface area (Å²) in [7, 11) is 0. The van der Waals surface area contributed by atoms with Gasteiger partial charge in [0.15, 0.2) is 0 Å². The Kier molecular flexibility index (Phi) is 1.16. The quantitative estimate of drug-likeness (QED) is 0.474. The van der Waals surface area contributed by atoms with E-state index in [4.69, 9.17) is 0 Å². The molecular formula is C6H9N. The van der Waals surface area contributed by atoms with E-state index in [2.05, 4.69) is 30.5 Å². The third-order valence-electron chi connectivity index (χ3n) is 0.981. The normalized spacial score (nSPS) is 18.1. The molecule has 0 aliphatic carbocycles. The molecule has 1 heteroatoms. The van der Waals surface area contributed by atoms with Crippen LogP contribution in [0.3, 0.4) is 0 Å². The second-order valence-electron chi connectivity index (χ2n) is 1.66. The van der Waals surface area contributed by atoms with Gasteiger partial charge in [0.1, 0.15) is 0 Å². The highest BCUT2D eigenvalue weighted by molar-refractivity contribution is 5.14. The molecule has 0 amide bonds. The highest BCUT2D eigenvalue weighted by Crippen LogP contribution is 1.91. The van der Waals surface area contributed by atoms with E-state index in [-0.39, 0.29) is 0 Å². The number of allylic oxidation sites excluding steroid dienone is 3. The maximum Gasteiger partial charge on any atom is 0.0330 e. The largest absolute Gasteiger partial charge is 0.385 e. The van der Waals surface area contributed by atoms with Gasteiger partial charge in [-0.05, 0) is 13.0 Å². The van der Waals surface area contributed by atoms with Gasteiger partial charge in [-0.2, -0.15) is 0 Å². The van der Waals surface area contributed by atoms with Crippen molar-refractivity contribution in [2.24, 2.45) is 0 Å². The summed E-state index contributed by atoms with van der Waals surface area (Å²) in [6.45, 7) is 3.05. The van der Waals surface area contributed by atoms with Crippen molar-refractivity contribution in [1.29, 1.82) is 0 Å². The highest BCUT2D eigenvalue weighted by atomic mass is 14.9. The third-order valence-corrected chi connectivity index (χ3v) is 0.981. The molecule has 0 saturated heterocycles. The number of nitrogens with one attached hydrogen (secondary N) is 1. The number of hydrogen-bond acceptors (Lipinski definition) is 1. The molecule has 0 fully saturated rings. The van der Waals surface area contributed by atoms with Gasteiger partial charge >= 0.3 is 0 Å². The van der Waals surface area contributed by atoms with E-state index in [1.165, 1.54) is 5.70 Å². The van der Waals surface area contributed by atoms with Gasteiger partial charge in [0.25, 0.3) is 0 Å². The van der Waals surface area contributed by atoms with Gasteiger partial charge in [-0.15, -0.1) is 0 Å². The molecule has 0 aromatic rings. The maximum atomic E-state index is 3.16. The van der Waals surface area contributed by atoms with Gasteiger partial charge in [0.05, 0.1) is 0 Å². The molecule has 0 spiro atoms. The molecule has 0 unspecified atom stereocenters. The SMILES string of the molecule is CC1=CC=CCN1. The van der Waals surface area contributed by atoms with Gasteiger partial charge in [0.2, 0.25) is 0 Å². The minimum absolute atomic E-state index is 0.988. The lowest BCUT2D eigenvalue weighted by atomic mass is 10.3. The Labute approximate surface area is 43.7 Å². The van der Waals surface area contributed by atoms with Gasteiger partial charge in [0, 0.05) is 12.2 Å². The van der Waals surface area contributed by atoms with Gasteiger partial charge in [-0.3, -0.25) is 0 Å². The molecular weight excluding hydrogens is 86.1 g/mol. The molecule has 1 heterocycles. The summed E-state index contributed by atoms with van der Waals surface area (Å²) in [5, 5.41) is 3.16. The molecule has 1 rings (SSSR count). The third kappa shape index (κ3) is 1.07. The second-order valence-corrected chi connectivity index (χ2v) is 1.66. The van der Waals surface area contributed by atoms with Crippen LogP contribution in [0.15, 0.2) is 23.9 Å². The Bertz CT molecular complexity index is 111. The molecule has 0 bridgehead atoms. The van der Waals surface area contributed by atoms with E-state index in [0.717, 1.165) is 6.54 Å². The molecule has 38 valence electrons. The van der Waals surface area contributed by atoms with Crippen molar-refractivity contribution in [2.45, 2.75) is 6.92 Å². The van der Waals surface area contributed by atoms with E-state index in [0.29, 0.717) is 0 Å². The van der Waals surface area contributed by atoms with Gasteiger partial charge in [-0.1, -0.05) is 12.2 Å². The smallest absolute Gasteiger partial charge is 0.0330 e. The molecule has 1 nitrogen and oxygen atoms in total. The zero-order valence-electron chi connectivity index (χ0n) is 4.44. The molecule has 0 radical (unpaired) electrons.